The number of aromatic hydroxyl groups is 1. The Labute approximate surface area is 157 Å². The molecule has 0 bridgehead atoms. The van der Waals surface area contributed by atoms with Crippen LogP contribution in [0.2, 0.25) is 0 Å². The summed E-state index contributed by atoms with van der Waals surface area (Å²) in [5, 5.41) is 20.5. The lowest BCUT2D eigenvalue weighted by Crippen LogP contribution is -2.17. The molecule has 0 saturated carbocycles. The summed E-state index contributed by atoms with van der Waals surface area (Å²) in [6.07, 6.45) is 1.69. The van der Waals surface area contributed by atoms with Crippen molar-refractivity contribution in [2.24, 2.45) is 4.99 Å². The quantitative estimate of drug-likeness (QED) is 0.748. The van der Waals surface area contributed by atoms with Crippen LogP contribution in [0, 0.1) is 0 Å². The molecular formula is C23H31NO2. The topological polar surface area (TPSA) is 52.8 Å². The number of rotatable bonds is 4. The molecule has 0 spiro atoms. The number of aliphatic imine (C=N–C) groups is 1. The average Bonchev–Trinajstić information content (AvgIpc) is 2.55. The molecule has 0 heterocycles. The van der Waals surface area contributed by atoms with Gasteiger partial charge in [-0.1, -0.05) is 77.9 Å². The first-order chi connectivity index (χ1) is 12.0. The van der Waals surface area contributed by atoms with E-state index >= 15 is 0 Å². The van der Waals surface area contributed by atoms with Crippen molar-refractivity contribution in [1.82, 2.24) is 0 Å². The molecule has 0 aromatic heterocycles. The van der Waals surface area contributed by atoms with Crippen LogP contribution in [0.25, 0.3) is 0 Å². The fourth-order valence-corrected chi connectivity index (χ4v) is 2.84. The van der Waals surface area contributed by atoms with Crippen LogP contribution >= 0.6 is 0 Å². The first-order valence-corrected chi connectivity index (χ1v) is 9.11. The fraction of sp³-hybridized carbons (Fsp3) is 0.435. The van der Waals surface area contributed by atoms with Crippen LogP contribution in [0.3, 0.4) is 0 Å². The summed E-state index contributed by atoms with van der Waals surface area (Å²) in [5.74, 6) is 0.263. The molecule has 0 aliphatic heterocycles. The number of phenols is 1. The minimum absolute atomic E-state index is 0.0356. The van der Waals surface area contributed by atoms with Gasteiger partial charge in [-0.05, 0) is 28.0 Å². The van der Waals surface area contributed by atoms with Gasteiger partial charge in [-0.15, -0.1) is 0 Å². The van der Waals surface area contributed by atoms with Crippen molar-refractivity contribution in [3.8, 4) is 5.75 Å². The van der Waals surface area contributed by atoms with Gasteiger partial charge in [0.15, 0.2) is 0 Å². The van der Waals surface area contributed by atoms with Crippen molar-refractivity contribution in [3.05, 3.63) is 64.7 Å². The molecular weight excluding hydrogens is 322 g/mol. The summed E-state index contributed by atoms with van der Waals surface area (Å²) in [4.78, 5) is 4.55. The second kappa shape index (κ2) is 7.63. The highest BCUT2D eigenvalue weighted by Crippen LogP contribution is 2.37. The third-order valence-corrected chi connectivity index (χ3v) is 4.56. The van der Waals surface area contributed by atoms with Crippen molar-refractivity contribution in [3.63, 3.8) is 0 Å². The van der Waals surface area contributed by atoms with Crippen LogP contribution < -0.4 is 0 Å². The van der Waals surface area contributed by atoms with Crippen molar-refractivity contribution in [1.29, 1.82) is 0 Å². The number of hydrogen-bond acceptors (Lipinski definition) is 3. The van der Waals surface area contributed by atoms with E-state index in [4.69, 9.17) is 0 Å². The number of phenolic OH excluding ortho intramolecular Hbond substituents is 1. The molecule has 140 valence electrons. The highest BCUT2D eigenvalue weighted by Gasteiger charge is 2.24. The van der Waals surface area contributed by atoms with E-state index in [9.17, 15) is 10.2 Å². The molecule has 2 aromatic rings. The van der Waals surface area contributed by atoms with Crippen LogP contribution in [-0.2, 0) is 10.8 Å². The predicted octanol–water partition coefficient (Wildman–Crippen LogP) is 5.14. The molecule has 2 N–H and O–H groups in total. The van der Waals surface area contributed by atoms with Gasteiger partial charge in [0.1, 0.15) is 5.75 Å². The van der Waals surface area contributed by atoms with Crippen LogP contribution in [0.4, 0.5) is 0 Å². The second-order valence-electron chi connectivity index (χ2n) is 8.85. The standard InChI is InChI=1S/C23H31NO2/c1-22(2,3)18-12-17(21(26)19(13-18)23(4,5)6)14-24-20(15-25)16-10-8-7-9-11-16/h7-14,20,25-26H,15H2,1-6H3/t20-/m0/s1. The number of hydrogen-bond donors (Lipinski definition) is 2. The first kappa shape index (κ1) is 20.2. The average molecular weight is 354 g/mol. The third-order valence-electron chi connectivity index (χ3n) is 4.56. The molecule has 2 aromatic carbocycles. The first-order valence-electron chi connectivity index (χ1n) is 9.11. The van der Waals surface area contributed by atoms with E-state index in [2.05, 4.69) is 52.6 Å². The van der Waals surface area contributed by atoms with Crippen molar-refractivity contribution >= 4 is 6.21 Å². The normalized spacial score (nSPS) is 14.0. The van der Waals surface area contributed by atoms with Gasteiger partial charge in [-0.3, -0.25) is 4.99 Å². The number of aliphatic hydroxyl groups excluding tert-OH is 1. The summed E-state index contributed by atoms with van der Waals surface area (Å²) in [6, 6.07) is 13.4. The lowest BCUT2D eigenvalue weighted by atomic mass is 9.79. The Morgan fingerprint density at radius 2 is 1.58 bits per heavy atom. The van der Waals surface area contributed by atoms with Gasteiger partial charge in [-0.25, -0.2) is 0 Å². The molecule has 1 atom stereocenters. The molecule has 0 aliphatic carbocycles. The Bertz CT molecular complexity index is 765. The summed E-state index contributed by atoms with van der Waals surface area (Å²) in [5.41, 5.74) is 3.50. The maximum atomic E-state index is 10.8. The van der Waals surface area contributed by atoms with E-state index in [1.54, 1.807) is 6.21 Å². The molecule has 3 heteroatoms. The van der Waals surface area contributed by atoms with E-state index in [1.807, 2.05) is 36.4 Å². The van der Waals surface area contributed by atoms with E-state index in [0.717, 1.165) is 16.7 Å². The summed E-state index contributed by atoms with van der Waals surface area (Å²) >= 11 is 0. The Kier molecular flexibility index (Phi) is 5.92. The largest absolute Gasteiger partial charge is 0.507 e. The van der Waals surface area contributed by atoms with Crippen molar-refractivity contribution in [2.45, 2.75) is 58.4 Å². The zero-order valence-corrected chi connectivity index (χ0v) is 16.7. The predicted molar refractivity (Wildman–Crippen MR) is 109 cm³/mol. The molecule has 3 nitrogen and oxygen atoms in total. The summed E-state index contributed by atoms with van der Waals surface area (Å²) in [6.45, 7) is 12.7. The molecule has 0 saturated heterocycles. The number of benzene rings is 2. The van der Waals surface area contributed by atoms with Crippen LogP contribution in [-0.4, -0.2) is 23.0 Å². The van der Waals surface area contributed by atoms with Gasteiger partial charge >= 0.3 is 0 Å². The van der Waals surface area contributed by atoms with Gasteiger partial charge in [0.2, 0.25) is 0 Å². The molecule has 0 aliphatic rings. The van der Waals surface area contributed by atoms with Gasteiger partial charge in [0, 0.05) is 17.3 Å². The van der Waals surface area contributed by atoms with Gasteiger partial charge in [-0.2, -0.15) is 0 Å². The van der Waals surface area contributed by atoms with E-state index < -0.39 is 0 Å². The summed E-state index contributed by atoms with van der Waals surface area (Å²) < 4.78 is 0. The highest BCUT2D eigenvalue weighted by molar-refractivity contribution is 5.85. The summed E-state index contributed by atoms with van der Waals surface area (Å²) in [7, 11) is 0. The van der Waals surface area contributed by atoms with Crippen LogP contribution in [0.1, 0.15) is 69.8 Å². The van der Waals surface area contributed by atoms with E-state index in [-0.39, 0.29) is 29.2 Å². The second-order valence-corrected chi connectivity index (χ2v) is 8.85. The van der Waals surface area contributed by atoms with E-state index in [1.165, 1.54) is 0 Å². The fourth-order valence-electron chi connectivity index (χ4n) is 2.84. The lowest BCUT2D eigenvalue weighted by Gasteiger charge is -2.27. The van der Waals surface area contributed by atoms with Gasteiger partial charge in [0.25, 0.3) is 0 Å². The van der Waals surface area contributed by atoms with Gasteiger partial charge in [0.05, 0.1) is 12.6 Å². The minimum Gasteiger partial charge on any atom is -0.507 e. The molecule has 0 fully saturated rings. The Morgan fingerprint density at radius 1 is 0.962 bits per heavy atom. The third kappa shape index (κ3) is 4.73. The Hall–Kier alpha value is -2.13. The smallest absolute Gasteiger partial charge is 0.128 e. The van der Waals surface area contributed by atoms with E-state index in [0.29, 0.717) is 5.56 Å². The van der Waals surface area contributed by atoms with Gasteiger partial charge < -0.3 is 10.2 Å². The Morgan fingerprint density at radius 3 is 2.08 bits per heavy atom. The molecule has 0 radical (unpaired) electrons. The maximum Gasteiger partial charge on any atom is 0.128 e. The number of aliphatic hydroxyl groups is 1. The molecule has 0 unspecified atom stereocenters. The van der Waals surface area contributed by atoms with Crippen molar-refractivity contribution in [2.75, 3.05) is 6.61 Å². The SMILES string of the molecule is CC(C)(C)c1cc(C=N[C@@H](CO)c2ccccc2)c(O)c(C(C)(C)C)c1. The molecule has 26 heavy (non-hydrogen) atoms. The number of nitrogens with zero attached hydrogens (tertiary/aromatic N) is 1. The Balaban J connectivity index is 2.51. The zero-order valence-electron chi connectivity index (χ0n) is 16.7. The zero-order chi connectivity index (χ0) is 19.5. The highest BCUT2D eigenvalue weighted by atomic mass is 16.3. The van der Waals surface area contributed by atoms with Crippen LogP contribution in [0.15, 0.2) is 47.5 Å². The monoisotopic (exact) mass is 353 g/mol. The lowest BCUT2D eigenvalue weighted by molar-refractivity contribution is 0.269. The molecule has 2 rings (SSSR count). The minimum atomic E-state index is -0.341. The maximum absolute atomic E-state index is 10.8. The van der Waals surface area contributed by atoms with Crippen molar-refractivity contribution < 1.29 is 10.2 Å². The molecule has 0 amide bonds. The van der Waals surface area contributed by atoms with Crippen LogP contribution in [0.5, 0.6) is 5.75 Å².